The van der Waals surface area contributed by atoms with Crippen molar-refractivity contribution in [2.45, 2.75) is 38.1 Å². The van der Waals surface area contributed by atoms with Gasteiger partial charge in [-0.15, -0.1) is 0 Å². The number of carbonyl (C=O) groups is 1. The van der Waals surface area contributed by atoms with Crippen LogP contribution in [0.5, 0.6) is 5.75 Å². The number of nitrogens with zero attached hydrogens (tertiary/aromatic N) is 2. The summed E-state index contributed by atoms with van der Waals surface area (Å²) in [5, 5.41) is 0. The molecule has 0 radical (unpaired) electrons. The molecule has 1 aromatic carbocycles. The summed E-state index contributed by atoms with van der Waals surface area (Å²) in [5.74, 6) is 1.32. The first kappa shape index (κ1) is 17.2. The Morgan fingerprint density at radius 1 is 1.29 bits per heavy atom. The summed E-state index contributed by atoms with van der Waals surface area (Å²) in [4.78, 5) is 16.9. The van der Waals surface area contributed by atoms with Crippen LogP contribution in [0.3, 0.4) is 0 Å². The maximum absolute atomic E-state index is 12.9. The van der Waals surface area contributed by atoms with Gasteiger partial charge in [0.2, 0.25) is 5.91 Å². The number of likely N-dealkylation sites (N-methyl/N-ethyl adjacent to an activating group) is 1. The van der Waals surface area contributed by atoms with Gasteiger partial charge >= 0.3 is 0 Å². The molecule has 0 saturated heterocycles. The van der Waals surface area contributed by atoms with Gasteiger partial charge in [0.25, 0.3) is 0 Å². The molecule has 3 rings (SSSR count). The first-order valence-corrected chi connectivity index (χ1v) is 9.02. The van der Waals surface area contributed by atoms with Crippen LogP contribution < -0.4 is 15.4 Å². The minimum Gasteiger partial charge on any atom is -0.492 e. The van der Waals surface area contributed by atoms with Crippen LogP contribution in [0.25, 0.3) is 0 Å². The monoisotopic (exact) mass is 331 g/mol. The SMILES string of the molecule is CN(C)CCOc1ccc2c(c1)CCN2C(=O)[C@H]1CC[C@H](N)CC1. The molecular formula is C19H29N3O2. The lowest BCUT2D eigenvalue weighted by Crippen LogP contribution is -2.38. The number of amides is 1. The van der Waals surface area contributed by atoms with Gasteiger partial charge in [0.1, 0.15) is 12.4 Å². The normalized spacial score (nSPS) is 23.4. The van der Waals surface area contributed by atoms with Crippen molar-refractivity contribution >= 4 is 11.6 Å². The number of rotatable bonds is 5. The zero-order chi connectivity index (χ0) is 17.1. The van der Waals surface area contributed by atoms with Gasteiger partial charge in [0.05, 0.1) is 0 Å². The molecular weight excluding hydrogens is 302 g/mol. The van der Waals surface area contributed by atoms with Crippen molar-refractivity contribution in [1.82, 2.24) is 4.90 Å². The third kappa shape index (κ3) is 3.90. The first-order chi connectivity index (χ1) is 11.5. The number of carbonyl (C=O) groups excluding carboxylic acids is 1. The fourth-order valence-electron chi connectivity index (χ4n) is 3.63. The van der Waals surface area contributed by atoms with Crippen LogP contribution in [0.15, 0.2) is 18.2 Å². The molecule has 1 aliphatic heterocycles. The number of hydrogen-bond acceptors (Lipinski definition) is 4. The molecule has 1 aromatic rings. The lowest BCUT2D eigenvalue weighted by molar-refractivity contribution is -0.123. The average Bonchev–Trinajstić information content (AvgIpc) is 2.98. The van der Waals surface area contributed by atoms with Gasteiger partial charge in [0, 0.05) is 30.7 Å². The third-order valence-corrected chi connectivity index (χ3v) is 5.14. The highest BCUT2D eigenvalue weighted by molar-refractivity contribution is 5.97. The van der Waals surface area contributed by atoms with E-state index < -0.39 is 0 Å². The molecule has 1 heterocycles. The Hall–Kier alpha value is -1.59. The zero-order valence-electron chi connectivity index (χ0n) is 14.8. The van der Waals surface area contributed by atoms with Crippen LogP contribution >= 0.6 is 0 Å². The van der Waals surface area contributed by atoms with Gasteiger partial charge in [-0.2, -0.15) is 0 Å². The maximum atomic E-state index is 12.9. The fourth-order valence-corrected chi connectivity index (χ4v) is 3.63. The molecule has 0 aromatic heterocycles. The van der Waals surface area contributed by atoms with Crippen LogP contribution in [0, 0.1) is 5.92 Å². The quantitative estimate of drug-likeness (QED) is 0.897. The second-order valence-corrected chi connectivity index (χ2v) is 7.29. The number of hydrogen-bond donors (Lipinski definition) is 1. The Morgan fingerprint density at radius 2 is 2.04 bits per heavy atom. The summed E-state index contributed by atoms with van der Waals surface area (Å²) < 4.78 is 5.81. The van der Waals surface area contributed by atoms with Crippen LogP contribution in [0.4, 0.5) is 5.69 Å². The minimum absolute atomic E-state index is 0.145. The molecule has 1 aliphatic carbocycles. The molecule has 2 aliphatic rings. The zero-order valence-corrected chi connectivity index (χ0v) is 14.8. The predicted octanol–water partition coefficient (Wildman–Crippen LogP) is 2.03. The minimum atomic E-state index is 0.145. The Balaban J connectivity index is 1.63. The number of fused-ring (bicyclic) bond motifs is 1. The molecule has 0 unspecified atom stereocenters. The second-order valence-electron chi connectivity index (χ2n) is 7.29. The summed E-state index contributed by atoms with van der Waals surface area (Å²) in [6.45, 7) is 2.36. The summed E-state index contributed by atoms with van der Waals surface area (Å²) in [6, 6.07) is 6.40. The first-order valence-electron chi connectivity index (χ1n) is 9.02. The molecule has 1 amide bonds. The molecule has 2 N–H and O–H groups in total. The van der Waals surface area contributed by atoms with E-state index in [0.29, 0.717) is 6.61 Å². The van der Waals surface area contributed by atoms with Gasteiger partial charge in [-0.25, -0.2) is 0 Å². The molecule has 0 atom stereocenters. The number of ether oxygens (including phenoxy) is 1. The largest absolute Gasteiger partial charge is 0.492 e. The van der Waals surface area contributed by atoms with Crippen molar-refractivity contribution < 1.29 is 9.53 Å². The van der Waals surface area contributed by atoms with Crippen LogP contribution in [0.1, 0.15) is 31.2 Å². The van der Waals surface area contributed by atoms with Crippen molar-refractivity contribution in [3.05, 3.63) is 23.8 Å². The van der Waals surface area contributed by atoms with Gasteiger partial charge in [-0.05, 0) is 70.0 Å². The highest BCUT2D eigenvalue weighted by Gasteiger charge is 2.32. The van der Waals surface area contributed by atoms with E-state index in [9.17, 15) is 4.79 Å². The molecule has 5 nitrogen and oxygen atoms in total. The maximum Gasteiger partial charge on any atom is 0.230 e. The average molecular weight is 331 g/mol. The van der Waals surface area contributed by atoms with Crippen LogP contribution in [0.2, 0.25) is 0 Å². The van der Waals surface area contributed by atoms with E-state index in [4.69, 9.17) is 10.5 Å². The summed E-state index contributed by atoms with van der Waals surface area (Å²) in [5.41, 5.74) is 8.25. The Morgan fingerprint density at radius 3 is 2.75 bits per heavy atom. The van der Waals surface area contributed by atoms with Crippen LogP contribution in [-0.2, 0) is 11.2 Å². The van der Waals surface area contributed by atoms with E-state index in [2.05, 4.69) is 11.0 Å². The molecule has 1 fully saturated rings. The van der Waals surface area contributed by atoms with Crippen LogP contribution in [-0.4, -0.2) is 50.6 Å². The van der Waals surface area contributed by atoms with Crippen molar-refractivity contribution in [1.29, 1.82) is 0 Å². The van der Waals surface area contributed by atoms with E-state index in [1.54, 1.807) is 0 Å². The molecule has 0 bridgehead atoms. The van der Waals surface area contributed by atoms with E-state index >= 15 is 0 Å². The topological polar surface area (TPSA) is 58.8 Å². The highest BCUT2D eigenvalue weighted by atomic mass is 16.5. The second kappa shape index (κ2) is 7.53. The van der Waals surface area contributed by atoms with E-state index in [1.807, 2.05) is 31.1 Å². The predicted molar refractivity (Wildman–Crippen MR) is 96.5 cm³/mol. The summed E-state index contributed by atoms with van der Waals surface area (Å²) in [7, 11) is 4.07. The smallest absolute Gasteiger partial charge is 0.230 e. The third-order valence-electron chi connectivity index (χ3n) is 5.14. The van der Waals surface area contributed by atoms with Gasteiger partial charge in [-0.1, -0.05) is 0 Å². The molecule has 5 heteroatoms. The number of nitrogens with two attached hydrogens (primary N) is 1. The Kier molecular flexibility index (Phi) is 5.41. The standard InChI is InChI=1S/C19H29N3O2/c1-21(2)11-12-24-17-7-8-18-15(13-17)9-10-22(18)19(23)14-3-5-16(20)6-4-14/h7-8,13-14,16H,3-6,9-12,20H2,1-2H3/t14-,16-. The lowest BCUT2D eigenvalue weighted by atomic mass is 9.85. The van der Waals surface area contributed by atoms with Gasteiger partial charge in [-0.3, -0.25) is 4.79 Å². The highest BCUT2D eigenvalue weighted by Crippen LogP contribution is 2.34. The molecule has 132 valence electrons. The Bertz CT molecular complexity index is 580. The lowest BCUT2D eigenvalue weighted by Gasteiger charge is -2.29. The number of anilines is 1. The Labute approximate surface area is 144 Å². The van der Waals surface area contributed by atoms with E-state index in [0.717, 1.165) is 56.6 Å². The van der Waals surface area contributed by atoms with Gasteiger partial charge < -0.3 is 20.3 Å². The van der Waals surface area contributed by atoms with Crippen molar-refractivity contribution in [2.75, 3.05) is 38.7 Å². The van der Waals surface area contributed by atoms with Crippen molar-refractivity contribution in [3.63, 3.8) is 0 Å². The summed E-state index contributed by atoms with van der Waals surface area (Å²) in [6.07, 6.45) is 4.71. The van der Waals surface area contributed by atoms with E-state index in [-0.39, 0.29) is 17.9 Å². The van der Waals surface area contributed by atoms with Gasteiger partial charge in [0.15, 0.2) is 0 Å². The fraction of sp³-hybridized carbons (Fsp3) is 0.632. The van der Waals surface area contributed by atoms with E-state index in [1.165, 1.54) is 5.56 Å². The molecule has 24 heavy (non-hydrogen) atoms. The molecule has 0 spiro atoms. The van der Waals surface area contributed by atoms with Crippen molar-refractivity contribution in [2.24, 2.45) is 11.7 Å². The molecule has 1 saturated carbocycles. The summed E-state index contributed by atoms with van der Waals surface area (Å²) >= 11 is 0. The number of benzene rings is 1. The van der Waals surface area contributed by atoms with Crippen molar-refractivity contribution in [3.8, 4) is 5.75 Å².